The standard InChI is InChI=1S/C12H24O2/c1-5-6-8-12(4,11(13)14)9-7-10(2)3/h10H,5-9H2,1-4H3,(H,13,14). The van der Waals surface area contributed by atoms with Crippen LogP contribution < -0.4 is 0 Å². The molecule has 1 unspecified atom stereocenters. The average Bonchev–Trinajstić information content (AvgIpc) is 2.11. The second-order valence-corrected chi connectivity index (χ2v) is 4.90. The van der Waals surface area contributed by atoms with E-state index in [2.05, 4.69) is 20.8 Å². The minimum atomic E-state index is -0.633. The van der Waals surface area contributed by atoms with Gasteiger partial charge in [-0.1, -0.05) is 33.6 Å². The number of carboxylic acids is 1. The Morgan fingerprint density at radius 3 is 2.29 bits per heavy atom. The van der Waals surface area contributed by atoms with Gasteiger partial charge in [-0.3, -0.25) is 4.79 Å². The molecule has 0 saturated carbocycles. The van der Waals surface area contributed by atoms with Crippen LogP contribution in [0.2, 0.25) is 0 Å². The third-order valence-corrected chi connectivity index (χ3v) is 2.87. The van der Waals surface area contributed by atoms with E-state index in [1.165, 1.54) is 0 Å². The highest BCUT2D eigenvalue weighted by molar-refractivity contribution is 5.74. The molecule has 0 aliphatic heterocycles. The summed E-state index contributed by atoms with van der Waals surface area (Å²) in [7, 11) is 0. The van der Waals surface area contributed by atoms with Crippen molar-refractivity contribution in [1.29, 1.82) is 0 Å². The summed E-state index contributed by atoms with van der Waals surface area (Å²) in [6.45, 7) is 8.27. The van der Waals surface area contributed by atoms with Crippen molar-refractivity contribution in [1.82, 2.24) is 0 Å². The van der Waals surface area contributed by atoms with Crippen LogP contribution in [0.1, 0.15) is 59.8 Å². The molecule has 0 saturated heterocycles. The summed E-state index contributed by atoms with van der Waals surface area (Å²) in [5, 5.41) is 9.17. The monoisotopic (exact) mass is 200 g/mol. The van der Waals surface area contributed by atoms with Gasteiger partial charge in [0.1, 0.15) is 0 Å². The molecule has 2 heteroatoms. The molecular weight excluding hydrogens is 176 g/mol. The van der Waals surface area contributed by atoms with Crippen molar-refractivity contribution in [2.75, 3.05) is 0 Å². The van der Waals surface area contributed by atoms with Crippen molar-refractivity contribution in [3.63, 3.8) is 0 Å². The first-order valence-electron chi connectivity index (χ1n) is 5.65. The Kier molecular flexibility index (Phi) is 5.82. The number of carbonyl (C=O) groups is 1. The number of hydrogen-bond acceptors (Lipinski definition) is 1. The van der Waals surface area contributed by atoms with Crippen molar-refractivity contribution < 1.29 is 9.90 Å². The van der Waals surface area contributed by atoms with E-state index in [9.17, 15) is 9.90 Å². The van der Waals surface area contributed by atoms with E-state index < -0.39 is 11.4 Å². The zero-order valence-corrected chi connectivity index (χ0v) is 9.97. The van der Waals surface area contributed by atoms with Gasteiger partial charge >= 0.3 is 5.97 Å². The second-order valence-electron chi connectivity index (χ2n) is 4.90. The quantitative estimate of drug-likeness (QED) is 0.680. The smallest absolute Gasteiger partial charge is 0.309 e. The van der Waals surface area contributed by atoms with Gasteiger partial charge in [-0.2, -0.15) is 0 Å². The fraction of sp³-hybridized carbons (Fsp3) is 0.917. The molecule has 0 radical (unpaired) electrons. The van der Waals surface area contributed by atoms with Gasteiger partial charge in [0.05, 0.1) is 5.41 Å². The number of hydrogen-bond donors (Lipinski definition) is 1. The maximum atomic E-state index is 11.1. The lowest BCUT2D eigenvalue weighted by molar-refractivity contribution is -0.149. The molecule has 0 aromatic rings. The fourth-order valence-electron chi connectivity index (χ4n) is 1.51. The maximum Gasteiger partial charge on any atom is 0.309 e. The molecule has 0 fully saturated rings. The SMILES string of the molecule is CCCCC(C)(CCC(C)C)C(=O)O. The molecule has 0 aliphatic carbocycles. The topological polar surface area (TPSA) is 37.3 Å². The van der Waals surface area contributed by atoms with Crippen molar-refractivity contribution in [2.45, 2.75) is 59.8 Å². The highest BCUT2D eigenvalue weighted by atomic mass is 16.4. The van der Waals surface area contributed by atoms with Crippen molar-refractivity contribution in [3.05, 3.63) is 0 Å². The van der Waals surface area contributed by atoms with Crippen LogP contribution in [0.4, 0.5) is 0 Å². The summed E-state index contributed by atoms with van der Waals surface area (Å²) < 4.78 is 0. The minimum Gasteiger partial charge on any atom is -0.481 e. The number of unbranched alkanes of at least 4 members (excludes halogenated alkanes) is 1. The van der Waals surface area contributed by atoms with Crippen LogP contribution in [-0.2, 0) is 4.79 Å². The number of rotatable bonds is 7. The Morgan fingerprint density at radius 2 is 1.93 bits per heavy atom. The molecule has 0 bridgehead atoms. The summed E-state index contributed by atoms with van der Waals surface area (Å²) in [5.41, 5.74) is -0.500. The van der Waals surface area contributed by atoms with E-state index in [0.29, 0.717) is 5.92 Å². The molecule has 14 heavy (non-hydrogen) atoms. The normalized spacial score (nSPS) is 15.5. The van der Waals surface area contributed by atoms with Gasteiger partial charge in [0.25, 0.3) is 0 Å². The van der Waals surface area contributed by atoms with Crippen molar-refractivity contribution in [2.24, 2.45) is 11.3 Å². The van der Waals surface area contributed by atoms with E-state index in [4.69, 9.17) is 0 Å². The molecule has 0 rings (SSSR count). The van der Waals surface area contributed by atoms with Gasteiger partial charge in [0.15, 0.2) is 0 Å². The molecule has 0 heterocycles. The van der Waals surface area contributed by atoms with Gasteiger partial charge in [0, 0.05) is 0 Å². The Balaban J connectivity index is 4.17. The first-order valence-corrected chi connectivity index (χ1v) is 5.65. The van der Waals surface area contributed by atoms with Crippen molar-refractivity contribution >= 4 is 5.97 Å². The molecular formula is C12H24O2. The van der Waals surface area contributed by atoms with E-state index in [1.807, 2.05) is 6.92 Å². The highest BCUT2D eigenvalue weighted by Crippen LogP contribution is 2.31. The van der Waals surface area contributed by atoms with Crippen LogP contribution in [0.5, 0.6) is 0 Å². The molecule has 0 aromatic heterocycles. The van der Waals surface area contributed by atoms with Crippen LogP contribution in [0.15, 0.2) is 0 Å². The van der Waals surface area contributed by atoms with E-state index in [0.717, 1.165) is 32.1 Å². The zero-order valence-electron chi connectivity index (χ0n) is 9.97. The minimum absolute atomic E-state index is 0.500. The highest BCUT2D eigenvalue weighted by Gasteiger charge is 2.31. The summed E-state index contributed by atoms with van der Waals surface area (Å²) in [4.78, 5) is 11.1. The predicted molar refractivity (Wildman–Crippen MR) is 59.3 cm³/mol. The van der Waals surface area contributed by atoms with E-state index in [1.54, 1.807) is 0 Å². The van der Waals surface area contributed by atoms with Crippen LogP contribution in [0.25, 0.3) is 0 Å². The summed E-state index contributed by atoms with van der Waals surface area (Å²) in [6.07, 6.45) is 4.71. The van der Waals surface area contributed by atoms with Crippen LogP contribution >= 0.6 is 0 Å². The molecule has 0 amide bonds. The summed E-state index contributed by atoms with van der Waals surface area (Å²) in [6, 6.07) is 0. The Labute approximate surface area is 87.7 Å². The first kappa shape index (κ1) is 13.5. The molecule has 2 nitrogen and oxygen atoms in total. The van der Waals surface area contributed by atoms with Gasteiger partial charge < -0.3 is 5.11 Å². The van der Waals surface area contributed by atoms with Gasteiger partial charge in [-0.05, 0) is 32.1 Å². The first-order chi connectivity index (χ1) is 6.42. The number of aliphatic carboxylic acids is 1. The lowest BCUT2D eigenvalue weighted by atomic mass is 9.79. The average molecular weight is 200 g/mol. The molecule has 0 aromatic carbocycles. The molecule has 1 N–H and O–H groups in total. The molecule has 0 spiro atoms. The number of carboxylic acid groups (broad SMARTS) is 1. The third kappa shape index (κ3) is 4.64. The lowest BCUT2D eigenvalue weighted by Gasteiger charge is -2.25. The molecule has 1 atom stereocenters. The van der Waals surface area contributed by atoms with Gasteiger partial charge in [0.2, 0.25) is 0 Å². The molecule has 84 valence electrons. The zero-order chi connectivity index (χ0) is 11.2. The largest absolute Gasteiger partial charge is 0.481 e. The van der Waals surface area contributed by atoms with Crippen LogP contribution in [0, 0.1) is 11.3 Å². The van der Waals surface area contributed by atoms with Crippen LogP contribution in [-0.4, -0.2) is 11.1 Å². The maximum absolute atomic E-state index is 11.1. The van der Waals surface area contributed by atoms with Gasteiger partial charge in [-0.15, -0.1) is 0 Å². The summed E-state index contributed by atoms with van der Waals surface area (Å²) in [5.74, 6) is -0.0399. The second kappa shape index (κ2) is 6.05. The third-order valence-electron chi connectivity index (χ3n) is 2.87. The predicted octanol–water partition coefficient (Wildman–Crippen LogP) is 3.70. The van der Waals surface area contributed by atoms with Gasteiger partial charge in [-0.25, -0.2) is 0 Å². The Bertz CT molecular complexity index is 175. The van der Waals surface area contributed by atoms with Crippen LogP contribution in [0.3, 0.4) is 0 Å². The fourth-order valence-corrected chi connectivity index (χ4v) is 1.51. The molecule has 0 aliphatic rings. The van der Waals surface area contributed by atoms with E-state index >= 15 is 0 Å². The Hall–Kier alpha value is -0.530. The van der Waals surface area contributed by atoms with E-state index in [-0.39, 0.29) is 0 Å². The lowest BCUT2D eigenvalue weighted by Crippen LogP contribution is -2.27. The summed E-state index contributed by atoms with van der Waals surface area (Å²) >= 11 is 0. The Morgan fingerprint density at radius 1 is 1.36 bits per heavy atom. The van der Waals surface area contributed by atoms with Crippen molar-refractivity contribution in [3.8, 4) is 0 Å².